The molecule has 0 amide bonds. The summed E-state index contributed by atoms with van der Waals surface area (Å²) in [5, 5.41) is 6.87. The number of hydrogen-bond acceptors (Lipinski definition) is 3. The van der Waals surface area contributed by atoms with Gasteiger partial charge >= 0.3 is 0 Å². The molecule has 0 saturated heterocycles. The lowest BCUT2D eigenvalue weighted by Gasteiger charge is -2.21. The number of aryl methyl sites for hydroxylation is 2. The number of nitrogens with zero attached hydrogens (tertiary/aromatic N) is 1. The van der Waals surface area contributed by atoms with E-state index in [0.717, 1.165) is 5.69 Å². The number of nitrogens with one attached hydrogen (secondary N) is 2. The monoisotopic (exact) mass is 391 g/mol. The first kappa shape index (κ1) is 20.2. The van der Waals surface area contributed by atoms with Crippen LogP contribution in [-0.4, -0.2) is 26.8 Å². The largest absolute Gasteiger partial charge is 0.356 e. The molecule has 7 heteroatoms. The first-order valence-electron chi connectivity index (χ1n) is 8.26. The molecule has 0 saturated carbocycles. The fourth-order valence-corrected chi connectivity index (χ4v) is 3.52. The maximum atomic E-state index is 11.7. The van der Waals surface area contributed by atoms with Crippen molar-refractivity contribution in [1.82, 2.24) is 5.32 Å². The molecule has 1 atom stereocenters. The topological polar surface area (TPSA) is 61.4 Å². The Balaban J connectivity index is 2.08. The van der Waals surface area contributed by atoms with Crippen LogP contribution in [0, 0.1) is 13.8 Å². The molecule has 2 aromatic carbocycles. The van der Waals surface area contributed by atoms with Gasteiger partial charge in [-0.1, -0.05) is 29.8 Å². The van der Waals surface area contributed by atoms with Crippen LogP contribution in [0.25, 0.3) is 0 Å². The van der Waals surface area contributed by atoms with Crippen molar-refractivity contribution in [2.75, 3.05) is 22.9 Å². The molecule has 0 heterocycles. The molecule has 0 aliphatic rings. The summed E-state index contributed by atoms with van der Waals surface area (Å²) >= 11 is 5.41. The quantitative estimate of drug-likeness (QED) is 0.760. The normalized spacial score (nSPS) is 12.3. The van der Waals surface area contributed by atoms with Crippen molar-refractivity contribution in [2.45, 2.75) is 26.8 Å². The number of anilines is 2. The van der Waals surface area contributed by atoms with Crippen molar-refractivity contribution >= 4 is 38.7 Å². The van der Waals surface area contributed by atoms with Crippen LogP contribution in [0.1, 0.15) is 29.7 Å². The number of sulfonamides is 1. The molecular weight excluding hydrogens is 366 g/mol. The van der Waals surface area contributed by atoms with Crippen molar-refractivity contribution in [1.29, 1.82) is 0 Å². The summed E-state index contributed by atoms with van der Waals surface area (Å²) < 4.78 is 24.6. The smallest absolute Gasteiger partial charge is 0.231 e. The third-order valence-corrected chi connectivity index (χ3v) is 5.63. The SMILES string of the molecule is Cc1ccc([C@H](C)NC(=S)Nc2cccc(N(C)S(C)(=O)=O)c2)c(C)c1. The van der Waals surface area contributed by atoms with Gasteiger partial charge in [0.15, 0.2) is 5.11 Å². The van der Waals surface area contributed by atoms with Gasteiger partial charge in [-0.25, -0.2) is 8.42 Å². The highest BCUT2D eigenvalue weighted by atomic mass is 32.2. The molecule has 0 bridgehead atoms. The zero-order valence-electron chi connectivity index (χ0n) is 15.7. The minimum Gasteiger partial charge on any atom is -0.356 e. The molecule has 2 rings (SSSR count). The molecule has 0 fully saturated rings. The Kier molecular flexibility index (Phi) is 6.26. The first-order valence-corrected chi connectivity index (χ1v) is 10.5. The van der Waals surface area contributed by atoms with E-state index in [1.165, 1.54) is 34.3 Å². The lowest BCUT2D eigenvalue weighted by molar-refractivity contribution is 0.600. The van der Waals surface area contributed by atoms with E-state index in [1.54, 1.807) is 18.2 Å². The van der Waals surface area contributed by atoms with Gasteiger partial charge in [0.25, 0.3) is 0 Å². The zero-order valence-corrected chi connectivity index (χ0v) is 17.3. The van der Waals surface area contributed by atoms with Crippen LogP contribution >= 0.6 is 12.2 Å². The third kappa shape index (κ3) is 5.19. The highest BCUT2D eigenvalue weighted by Gasteiger charge is 2.13. The van der Waals surface area contributed by atoms with E-state index >= 15 is 0 Å². The fourth-order valence-electron chi connectivity index (χ4n) is 2.72. The van der Waals surface area contributed by atoms with Crippen LogP contribution < -0.4 is 14.9 Å². The molecule has 2 N–H and O–H groups in total. The van der Waals surface area contributed by atoms with E-state index in [9.17, 15) is 8.42 Å². The van der Waals surface area contributed by atoms with Gasteiger partial charge < -0.3 is 10.6 Å². The van der Waals surface area contributed by atoms with Crippen LogP contribution in [-0.2, 0) is 10.0 Å². The van der Waals surface area contributed by atoms with E-state index in [0.29, 0.717) is 10.8 Å². The van der Waals surface area contributed by atoms with Crippen LogP contribution in [0.2, 0.25) is 0 Å². The Bertz CT molecular complexity index is 911. The molecule has 5 nitrogen and oxygen atoms in total. The molecule has 0 spiro atoms. The summed E-state index contributed by atoms with van der Waals surface area (Å²) in [6, 6.07) is 13.5. The lowest BCUT2D eigenvalue weighted by atomic mass is 10.0. The number of benzene rings is 2. The average molecular weight is 392 g/mol. The number of hydrogen-bond donors (Lipinski definition) is 2. The molecule has 0 radical (unpaired) electrons. The zero-order chi connectivity index (χ0) is 19.5. The van der Waals surface area contributed by atoms with Crippen molar-refractivity contribution in [2.24, 2.45) is 0 Å². The van der Waals surface area contributed by atoms with Crippen molar-refractivity contribution in [3.63, 3.8) is 0 Å². The Hall–Kier alpha value is -2.12. The van der Waals surface area contributed by atoms with Gasteiger partial charge in [-0.3, -0.25) is 4.31 Å². The van der Waals surface area contributed by atoms with E-state index in [-0.39, 0.29) is 6.04 Å². The van der Waals surface area contributed by atoms with Gasteiger partial charge in [-0.05, 0) is 62.3 Å². The van der Waals surface area contributed by atoms with Gasteiger partial charge in [0, 0.05) is 12.7 Å². The van der Waals surface area contributed by atoms with Crippen molar-refractivity contribution in [3.05, 3.63) is 59.2 Å². The molecule has 0 aromatic heterocycles. The number of thiocarbonyl (C=S) groups is 1. The van der Waals surface area contributed by atoms with Gasteiger partial charge in [0.2, 0.25) is 10.0 Å². The average Bonchev–Trinajstić information content (AvgIpc) is 2.53. The molecular formula is C19H25N3O2S2. The molecule has 0 aliphatic heterocycles. The third-order valence-electron chi connectivity index (χ3n) is 4.20. The van der Waals surface area contributed by atoms with Crippen LogP contribution in [0.3, 0.4) is 0 Å². The molecule has 26 heavy (non-hydrogen) atoms. The summed E-state index contributed by atoms with van der Waals surface area (Å²) in [5.41, 5.74) is 4.92. The maximum absolute atomic E-state index is 11.7. The first-order chi connectivity index (χ1) is 12.1. The van der Waals surface area contributed by atoms with Gasteiger partial charge in [0.1, 0.15) is 0 Å². The summed E-state index contributed by atoms with van der Waals surface area (Å²) in [4.78, 5) is 0. The predicted octanol–water partition coefficient (Wildman–Crippen LogP) is 3.75. The second-order valence-corrected chi connectivity index (χ2v) is 8.88. The molecule has 2 aromatic rings. The minimum absolute atomic E-state index is 0.0532. The van der Waals surface area contributed by atoms with Gasteiger partial charge in [0.05, 0.1) is 18.0 Å². The van der Waals surface area contributed by atoms with Crippen molar-refractivity contribution < 1.29 is 8.42 Å². The van der Waals surface area contributed by atoms with Gasteiger partial charge in [-0.2, -0.15) is 0 Å². The summed E-state index contributed by atoms with van der Waals surface area (Å²) in [6.07, 6.45) is 1.17. The minimum atomic E-state index is -3.31. The molecule has 0 unspecified atom stereocenters. The second kappa shape index (κ2) is 8.05. The Morgan fingerprint density at radius 2 is 1.85 bits per heavy atom. The summed E-state index contributed by atoms with van der Waals surface area (Å²) in [7, 11) is -1.79. The van der Waals surface area contributed by atoms with E-state index in [2.05, 4.69) is 49.6 Å². The second-order valence-electron chi connectivity index (χ2n) is 6.46. The van der Waals surface area contributed by atoms with Crippen molar-refractivity contribution in [3.8, 4) is 0 Å². The fraction of sp³-hybridized carbons (Fsp3) is 0.316. The van der Waals surface area contributed by atoms with Crippen LogP contribution in [0.4, 0.5) is 11.4 Å². The molecule has 140 valence electrons. The Morgan fingerprint density at radius 3 is 2.46 bits per heavy atom. The number of rotatable bonds is 5. The van der Waals surface area contributed by atoms with Crippen LogP contribution in [0.15, 0.2) is 42.5 Å². The van der Waals surface area contributed by atoms with E-state index in [4.69, 9.17) is 12.2 Å². The lowest BCUT2D eigenvalue weighted by Crippen LogP contribution is -2.31. The van der Waals surface area contributed by atoms with Crippen LogP contribution in [0.5, 0.6) is 0 Å². The predicted molar refractivity (Wildman–Crippen MR) is 113 cm³/mol. The maximum Gasteiger partial charge on any atom is 0.231 e. The van der Waals surface area contributed by atoms with E-state index in [1.807, 2.05) is 6.07 Å². The summed E-state index contributed by atoms with van der Waals surface area (Å²) in [5.74, 6) is 0. The Morgan fingerprint density at radius 1 is 1.15 bits per heavy atom. The summed E-state index contributed by atoms with van der Waals surface area (Å²) in [6.45, 7) is 6.21. The Labute approximate surface area is 161 Å². The highest BCUT2D eigenvalue weighted by Crippen LogP contribution is 2.21. The highest BCUT2D eigenvalue weighted by molar-refractivity contribution is 7.92. The van der Waals surface area contributed by atoms with E-state index < -0.39 is 10.0 Å². The molecule has 0 aliphatic carbocycles. The van der Waals surface area contributed by atoms with Gasteiger partial charge in [-0.15, -0.1) is 0 Å². The standard InChI is InChI=1S/C19H25N3O2S2/c1-13-9-10-18(14(2)11-13)15(3)20-19(25)21-16-7-6-8-17(12-16)22(4)26(5,23)24/h6-12,15H,1-5H3,(H2,20,21,25)/t15-/m0/s1.